The third kappa shape index (κ3) is 6.53. The summed E-state index contributed by atoms with van der Waals surface area (Å²) in [6, 6.07) is 6.19. The minimum absolute atomic E-state index is 0.112. The van der Waals surface area contributed by atoms with Crippen molar-refractivity contribution in [2.75, 3.05) is 20.3 Å². The fourth-order valence-corrected chi connectivity index (χ4v) is 2.53. The van der Waals surface area contributed by atoms with Crippen molar-refractivity contribution in [2.45, 2.75) is 46.9 Å². The van der Waals surface area contributed by atoms with Gasteiger partial charge in [-0.05, 0) is 39.3 Å². The molecule has 0 bridgehead atoms. The molecule has 1 heterocycles. The average Bonchev–Trinajstić information content (AvgIpc) is 2.96. The number of guanidine groups is 1. The van der Waals surface area contributed by atoms with Gasteiger partial charge in [-0.1, -0.05) is 12.1 Å². The van der Waals surface area contributed by atoms with Crippen molar-refractivity contribution < 1.29 is 9.47 Å². The van der Waals surface area contributed by atoms with E-state index >= 15 is 0 Å². The minimum atomic E-state index is 0.112. The second-order valence-corrected chi connectivity index (χ2v) is 6.94. The van der Waals surface area contributed by atoms with Crippen molar-refractivity contribution in [1.29, 1.82) is 0 Å². The molecule has 0 aliphatic carbocycles. The van der Waals surface area contributed by atoms with Crippen molar-refractivity contribution in [3.05, 3.63) is 41.0 Å². The first-order valence-electron chi connectivity index (χ1n) is 9.53. The van der Waals surface area contributed by atoms with Crippen LogP contribution in [-0.4, -0.2) is 47.1 Å². The lowest BCUT2D eigenvalue weighted by molar-refractivity contribution is 0.203. The van der Waals surface area contributed by atoms with E-state index in [1.807, 2.05) is 32.4 Å². The molecule has 8 heteroatoms. The van der Waals surface area contributed by atoms with E-state index in [0.717, 1.165) is 28.5 Å². The van der Waals surface area contributed by atoms with Gasteiger partial charge in [-0.15, -0.1) is 10.2 Å². The molecular weight excluding hydrogens is 356 g/mol. The zero-order chi connectivity index (χ0) is 20.5. The summed E-state index contributed by atoms with van der Waals surface area (Å²) in [5, 5.41) is 14.9. The molecule has 8 nitrogen and oxygen atoms in total. The lowest BCUT2D eigenvalue weighted by Crippen LogP contribution is -2.39. The fourth-order valence-electron chi connectivity index (χ4n) is 2.53. The highest BCUT2D eigenvalue weighted by Crippen LogP contribution is 2.22. The van der Waals surface area contributed by atoms with Crippen molar-refractivity contribution in [1.82, 2.24) is 25.4 Å². The standard InChI is InChI=1S/C20H32N6O2/c1-14(2)28-18-11-15(3)7-8-17(18)12-22-20(21-9-10-27-6)23-13-19-25-24-16(4)26(19)5/h7-8,11,14H,9-10,12-13H2,1-6H3,(H2,21,22,23). The van der Waals surface area contributed by atoms with Crippen LogP contribution in [0.4, 0.5) is 0 Å². The van der Waals surface area contributed by atoms with E-state index in [1.165, 1.54) is 0 Å². The lowest BCUT2D eigenvalue weighted by atomic mass is 10.1. The number of aryl methyl sites for hydroxylation is 2. The molecule has 0 spiro atoms. The molecular formula is C20H32N6O2. The number of ether oxygens (including phenoxy) is 2. The third-order valence-corrected chi connectivity index (χ3v) is 4.19. The normalized spacial score (nSPS) is 11.8. The summed E-state index contributed by atoms with van der Waals surface area (Å²) in [5.74, 6) is 3.28. The van der Waals surface area contributed by atoms with Crippen molar-refractivity contribution in [2.24, 2.45) is 12.0 Å². The van der Waals surface area contributed by atoms with E-state index in [-0.39, 0.29) is 6.10 Å². The van der Waals surface area contributed by atoms with Crippen LogP contribution in [0.5, 0.6) is 5.75 Å². The zero-order valence-electron chi connectivity index (χ0n) is 17.7. The number of aromatic nitrogens is 3. The Morgan fingerprint density at radius 2 is 2.00 bits per heavy atom. The number of hydrogen-bond donors (Lipinski definition) is 2. The highest BCUT2D eigenvalue weighted by atomic mass is 16.5. The molecule has 0 fully saturated rings. The molecule has 0 radical (unpaired) electrons. The molecule has 2 N–H and O–H groups in total. The summed E-state index contributed by atoms with van der Waals surface area (Å²) in [7, 11) is 3.62. The number of hydrogen-bond acceptors (Lipinski definition) is 5. The first-order valence-corrected chi connectivity index (χ1v) is 9.53. The Bertz CT molecular complexity index is 785. The van der Waals surface area contributed by atoms with Crippen LogP contribution in [0.25, 0.3) is 0 Å². The number of nitrogens with zero attached hydrogens (tertiary/aromatic N) is 4. The molecule has 0 saturated carbocycles. The Morgan fingerprint density at radius 3 is 2.64 bits per heavy atom. The van der Waals surface area contributed by atoms with Gasteiger partial charge in [0.25, 0.3) is 0 Å². The summed E-state index contributed by atoms with van der Waals surface area (Å²) < 4.78 is 13.0. The summed E-state index contributed by atoms with van der Waals surface area (Å²) in [6.07, 6.45) is 0.112. The van der Waals surface area contributed by atoms with E-state index in [9.17, 15) is 0 Å². The number of aliphatic imine (C=N–C) groups is 1. The largest absolute Gasteiger partial charge is 0.491 e. The van der Waals surface area contributed by atoms with Crippen LogP contribution in [0.3, 0.4) is 0 Å². The van der Waals surface area contributed by atoms with E-state index in [2.05, 4.69) is 46.0 Å². The number of rotatable bonds is 9. The molecule has 2 rings (SSSR count). The smallest absolute Gasteiger partial charge is 0.192 e. The quantitative estimate of drug-likeness (QED) is 0.389. The van der Waals surface area contributed by atoms with Crippen molar-refractivity contribution in [3.8, 4) is 5.75 Å². The van der Waals surface area contributed by atoms with E-state index < -0.39 is 0 Å². The monoisotopic (exact) mass is 388 g/mol. The highest BCUT2D eigenvalue weighted by Gasteiger charge is 2.09. The topological polar surface area (TPSA) is 85.6 Å². The van der Waals surface area contributed by atoms with Gasteiger partial charge >= 0.3 is 0 Å². The van der Waals surface area contributed by atoms with Gasteiger partial charge in [-0.2, -0.15) is 0 Å². The van der Waals surface area contributed by atoms with E-state index in [4.69, 9.17) is 14.5 Å². The molecule has 0 atom stereocenters. The first-order chi connectivity index (χ1) is 13.4. The molecule has 0 saturated heterocycles. The van der Waals surface area contributed by atoms with Crippen LogP contribution in [0, 0.1) is 13.8 Å². The molecule has 0 aliphatic rings. The van der Waals surface area contributed by atoms with Gasteiger partial charge in [0.15, 0.2) is 11.8 Å². The lowest BCUT2D eigenvalue weighted by Gasteiger charge is -2.15. The summed E-state index contributed by atoms with van der Waals surface area (Å²) in [5.41, 5.74) is 2.21. The van der Waals surface area contributed by atoms with Gasteiger partial charge in [0, 0.05) is 26.3 Å². The molecule has 1 aromatic carbocycles. The van der Waals surface area contributed by atoms with Crippen LogP contribution in [-0.2, 0) is 24.9 Å². The molecule has 0 amide bonds. The Morgan fingerprint density at radius 1 is 1.21 bits per heavy atom. The SMILES string of the molecule is COCCNC(=NCc1ccc(C)cc1OC(C)C)NCc1nnc(C)n1C. The molecule has 154 valence electrons. The van der Waals surface area contributed by atoms with Gasteiger partial charge in [0.05, 0.1) is 25.8 Å². The molecule has 0 unspecified atom stereocenters. The Balaban J connectivity index is 2.11. The van der Waals surface area contributed by atoms with Crippen LogP contribution in [0.15, 0.2) is 23.2 Å². The number of methoxy groups -OCH3 is 1. The second kappa shape index (κ2) is 10.7. The Hall–Kier alpha value is -2.61. The third-order valence-electron chi connectivity index (χ3n) is 4.19. The van der Waals surface area contributed by atoms with Gasteiger partial charge in [0.2, 0.25) is 0 Å². The van der Waals surface area contributed by atoms with Gasteiger partial charge in [-0.3, -0.25) is 0 Å². The Labute approximate surface area is 167 Å². The molecule has 1 aromatic heterocycles. The van der Waals surface area contributed by atoms with Gasteiger partial charge < -0.3 is 24.7 Å². The minimum Gasteiger partial charge on any atom is -0.491 e. The van der Waals surface area contributed by atoms with Gasteiger partial charge in [-0.25, -0.2) is 4.99 Å². The average molecular weight is 389 g/mol. The van der Waals surface area contributed by atoms with Crippen LogP contribution >= 0.6 is 0 Å². The maximum absolute atomic E-state index is 5.95. The molecule has 2 aromatic rings. The molecule has 0 aliphatic heterocycles. The maximum atomic E-state index is 5.95. The summed E-state index contributed by atoms with van der Waals surface area (Å²) in [4.78, 5) is 4.72. The zero-order valence-corrected chi connectivity index (χ0v) is 17.7. The maximum Gasteiger partial charge on any atom is 0.192 e. The van der Waals surface area contributed by atoms with Gasteiger partial charge in [0.1, 0.15) is 11.6 Å². The Kier molecular flexibility index (Phi) is 8.25. The van der Waals surface area contributed by atoms with Crippen LogP contribution < -0.4 is 15.4 Å². The second-order valence-electron chi connectivity index (χ2n) is 6.94. The van der Waals surface area contributed by atoms with Crippen molar-refractivity contribution >= 4 is 5.96 Å². The van der Waals surface area contributed by atoms with E-state index in [1.54, 1.807) is 7.11 Å². The van der Waals surface area contributed by atoms with Crippen molar-refractivity contribution in [3.63, 3.8) is 0 Å². The predicted molar refractivity (Wildman–Crippen MR) is 111 cm³/mol. The summed E-state index contributed by atoms with van der Waals surface area (Å²) in [6.45, 7) is 10.3. The number of nitrogens with one attached hydrogen (secondary N) is 2. The fraction of sp³-hybridized carbons (Fsp3) is 0.550. The number of benzene rings is 1. The highest BCUT2D eigenvalue weighted by molar-refractivity contribution is 5.79. The first kappa shape index (κ1) is 21.7. The van der Waals surface area contributed by atoms with E-state index in [0.29, 0.717) is 32.2 Å². The predicted octanol–water partition coefficient (Wildman–Crippen LogP) is 2.10. The summed E-state index contributed by atoms with van der Waals surface area (Å²) >= 11 is 0. The van der Waals surface area contributed by atoms with Crippen LogP contribution in [0.1, 0.15) is 36.6 Å². The van der Waals surface area contributed by atoms with Crippen LogP contribution in [0.2, 0.25) is 0 Å². The molecule has 28 heavy (non-hydrogen) atoms.